The molecule has 2 aliphatic rings. The topological polar surface area (TPSA) is 71.5 Å². The minimum absolute atomic E-state index is 0.0678. The number of thiazole rings is 1. The van der Waals surface area contributed by atoms with Crippen LogP contribution < -0.4 is 5.32 Å². The molecular formula is C14H20N2O3S. The minimum Gasteiger partial charge on any atom is -0.393 e. The van der Waals surface area contributed by atoms with Gasteiger partial charge in [-0.05, 0) is 25.7 Å². The summed E-state index contributed by atoms with van der Waals surface area (Å²) in [5.74, 6) is 0.0415. The maximum atomic E-state index is 12.0. The Bertz CT molecular complexity index is 471. The van der Waals surface area contributed by atoms with E-state index in [-0.39, 0.29) is 24.0 Å². The van der Waals surface area contributed by atoms with Gasteiger partial charge in [0, 0.05) is 24.4 Å². The molecule has 20 heavy (non-hydrogen) atoms. The van der Waals surface area contributed by atoms with Crippen molar-refractivity contribution >= 4 is 17.2 Å². The number of carbonyl (C=O) groups is 1. The molecule has 0 spiro atoms. The van der Waals surface area contributed by atoms with Crippen molar-refractivity contribution in [3.63, 3.8) is 0 Å². The molecule has 5 nitrogen and oxygen atoms in total. The second-order valence-corrected chi connectivity index (χ2v) is 6.43. The highest BCUT2D eigenvalue weighted by molar-refractivity contribution is 7.09. The Morgan fingerprint density at radius 1 is 1.45 bits per heavy atom. The van der Waals surface area contributed by atoms with Crippen molar-refractivity contribution in [2.45, 2.75) is 44.3 Å². The first kappa shape index (κ1) is 14.0. The third-order valence-corrected chi connectivity index (χ3v) is 5.04. The molecule has 1 aliphatic carbocycles. The van der Waals surface area contributed by atoms with E-state index in [2.05, 4.69) is 10.3 Å². The van der Waals surface area contributed by atoms with Crippen LogP contribution in [0.5, 0.6) is 0 Å². The quantitative estimate of drug-likeness (QED) is 0.890. The first-order valence-corrected chi connectivity index (χ1v) is 8.15. The van der Waals surface area contributed by atoms with E-state index in [4.69, 9.17) is 4.74 Å². The molecule has 1 aromatic heterocycles. The molecule has 1 amide bonds. The highest BCUT2D eigenvalue weighted by atomic mass is 32.1. The van der Waals surface area contributed by atoms with E-state index >= 15 is 0 Å². The summed E-state index contributed by atoms with van der Waals surface area (Å²) < 4.78 is 5.57. The molecule has 1 aromatic rings. The van der Waals surface area contributed by atoms with Crippen LogP contribution in [0.2, 0.25) is 0 Å². The normalized spacial score (nSPS) is 29.8. The lowest BCUT2D eigenvalue weighted by Gasteiger charge is -2.14. The van der Waals surface area contributed by atoms with Gasteiger partial charge in [-0.15, -0.1) is 11.3 Å². The first-order valence-electron chi connectivity index (χ1n) is 7.27. The van der Waals surface area contributed by atoms with E-state index < -0.39 is 0 Å². The van der Waals surface area contributed by atoms with Gasteiger partial charge in [0.05, 0.1) is 6.10 Å². The molecule has 1 saturated carbocycles. The molecule has 3 rings (SSSR count). The summed E-state index contributed by atoms with van der Waals surface area (Å²) in [4.78, 5) is 16.4. The second-order valence-electron chi connectivity index (χ2n) is 5.54. The fourth-order valence-electron chi connectivity index (χ4n) is 2.88. The van der Waals surface area contributed by atoms with Crippen LogP contribution in [-0.4, -0.2) is 35.3 Å². The highest BCUT2D eigenvalue weighted by Crippen LogP contribution is 2.30. The monoisotopic (exact) mass is 296 g/mol. The number of aliphatic hydroxyl groups is 1. The smallest absolute Gasteiger partial charge is 0.270 e. The fourth-order valence-corrected chi connectivity index (χ4v) is 3.76. The Morgan fingerprint density at radius 2 is 2.35 bits per heavy atom. The van der Waals surface area contributed by atoms with Gasteiger partial charge in [-0.1, -0.05) is 6.42 Å². The number of hydrogen-bond acceptors (Lipinski definition) is 5. The Balaban J connectivity index is 1.54. The molecule has 1 saturated heterocycles. The number of aliphatic hydroxyl groups excluding tert-OH is 1. The second kappa shape index (κ2) is 6.20. The Labute approximate surface area is 122 Å². The van der Waals surface area contributed by atoms with Crippen LogP contribution in [0, 0.1) is 5.92 Å². The molecule has 2 fully saturated rings. The van der Waals surface area contributed by atoms with Crippen LogP contribution in [0.1, 0.15) is 53.7 Å². The molecular weight excluding hydrogens is 276 g/mol. The van der Waals surface area contributed by atoms with E-state index in [0.29, 0.717) is 12.2 Å². The van der Waals surface area contributed by atoms with Gasteiger partial charge in [-0.3, -0.25) is 4.79 Å². The van der Waals surface area contributed by atoms with Crippen molar-refractivity contribution in [1.82, 2.24) is 10.3 Å². The predicted octanol–water partition coefficient (Wildman–Crippen LogP) is 1.89. The number of ether oxygens (including phenoxy) is 1. The van der Waals surface area contributed by atoms with Crippen LogP contribution in [0.3, 0.4) is 0 Å². The lowest BCUT2D eigenvalue weighted by molar-refractivity contribution is 0.0910. The molecule has 1 aliphatic heterocycles. The number of rotatable bonds is 4. The molecule has 0 aromatic carbocycles. The van der Waals surface area contributed by atoms with Crippen molar-refractivity contribution in [2.75, 3.05) is 13.2 Å². The number of carbonyl (C=O) groups excluding carboxylic acids is 1. The van der Waals surface area contributed by atoms with Gasteiger partial charge < -0.3 is 15.2 Å². The van der Waals surface area contributed by atoms with Crippen LogP contribution >= 0.6 is 11.3 Å². The lowest BCUT2D eigenvalue weighted by Crippen LogP contribution is -2.32. The van der Waals surface area contributed by atoms with Gasteiger partial charge in [-0.2, -0.15) is 0 Å². The van der Waals surface area contributed by atoms with Crippen molar-refractivity contribution < 1.29 is 14.6 Å². The first-order chi connectivity index (χ1) is 9.74. The van der Waals surface area contributed by atoms with Crippen molar-refractivity contribution in [2.24, 2.45) is 5.92 Å². The summed E-state index contributed by atoms with van der Waals surface area (Å²) in [7, 11) is 0. The van der Waals surface area contributed by atoms with Gasteiger partial charge in [0.1, 0.15) is 16.8 Å². The maximum absolute atomic E-state index is 12.0. The van der Waals surface area contributed by atoms with Gasteiger partial charge in [0.25, 0.3) is 5.91 Å². The Hall–Kier alpha value is -0.980. The van der Waals surface area contributed by atoms with E-state index in [9.17, 15) is 9.90 Å². The Kier molecular flexibility index (Phi) is 4.33. The van der Waals surface area contributed by atoms with Gasteiger partial charge in [-0.25, -0.2) is 4.98 Å². The van der Waals surface area contributed by atoms with Gasteiger partial charge in [0.15, 0.2) is 0 Å². The predicted molar refractivity (Wildman–Crippen MR) is 75.7 cm³/mol. The third-order valence-electron chi connectivity index (χ3n) is 4.10. The number of amides is 1. The summed E-state index contributed by atoms with van der Waals surface area (Å²) in [6.07, 6.45) is 4.72. The van der Waals surface area contributed by atoms with E-state index in [1.807, 2.05) is 0 Å². The third kappa shape index (κ3) is 3.02. The van der Waals surface area contributed by atoms with E-state index in [1.54, 1.807) is 5.38 Å². The molecule has 110 valence electrons. The maximum Gasteiger partial charge on any atom is 0.270 e. The highest BCUT2D eigenvalue weighted by Gasteiger charge is 2.26. The zero-order valence-corrected chi connectivity index (χ0v) is 12.2. The number of nitrogens with one attached hydrogen (secondary N) is 1. The molecule has 2 N–H and O–H groups in total. The van der Waals surface area contributed by atoms with Crippen molar-refractivity contribution in [1.29, 1.82) is 0 Å². The molecule has 3 atom stereocenters. The largest absolute Gasteiger partial charge is 0.393 e. The molecule has 2 heterocycles. The molecule has 0 radical (unpaired) electrons. The fraction of sp³-hybridized carbons (Fsp3) is 0.714. The summed E-state index contributed by atoms with van der Waals surface area (Å²) >= 11 is 1.49. The minimum atomic E-state index is -0.270. The van der Waals surface area contributed by atoms with Crippen molar-refractivity contribution in [3.8, 4) is 0 Å². The van der Waals surface area contributed by atoms with Gasteiger partial charge in [0.2, 0.25) is 0 Å². The SMILES string of the molecule is O=C(NCC1CCCC1O)c1csc(C2CCCO2)n1. The summed E-state index contributed by atoms with van der Waals surface area (Å²) in [5, 5.41) is 15.3. The van der Waals surface area contributed by atoms with Crippen LogP contribution in [0.25, 0.3) is 0 Å². The Morgan fingerprint density at radius 3 is 3.05 bits per heavy atom. The lowest BCUT2D eigenvalue weighted by atomic mass is 10.1. The summed E-state index contributed by atoms with van der Waals surface area (Å²) in [5.41, 5.74) is 0.466. The standard InChI is InChI=1S/C14H20N2O3S/c17-11-4-1-3-9(11)7-15-13(18)10-8-20-14(16-10)12-5-2-6-19-12/h8-9,11-12,17H,1-7H2,(H,15,18). The zero-order valence-electron chi connectivity index (χ0n) is 11.4. The van der Waals surface area contributed by atoms with Crippen LogP contribution in [0.4, 0.5) is 0 Å². The summed E-state index contributed by atoms with van der Waals surface area (Å²) in [6, 6.07) is 0. The summed E-state index contributed by atoms with van der Waals surface area (Å²) in [6.45, 7) is 1.32. The molecule has 6 heteroatoms. The van der Waals surface area contributed by atoms with E-state index in [1.165, 1.54) is 11.3 Å². The molecule has 0 bridgehead atoms. The van der Waals surface area contributed by atoms with Crippen LogP contribution in [0.15, 0.2) is 5.38 Å². The average Bonchev–Trinajstić information content (AvgIpc) is 3.17. The average molecular weight is 296 g/mol. The number of hydrogen-bond donors (Lipinski definition) is 2. The van der Waals surface area contributed by atoms with Crippen LogP contribution in [-0.2, 0) is 4.74 Å². The van der Waals surface area contributed by atoms with Crippen molar-refractivity contribution in [3.05, 3.63) is 16.1 Å². The zero-order chi connectivity index (χ0) is 13.9. The number of nitrogens with zero attached hydrogens (tertiary/aromatic N) is 1. The molecule has 3 unspecified atom stereocenters. The number of aromatic nitrogens is 1. The van der Waals surface area contributed by atoms with Gasteiger partial charge >= 0.3 is 0 Å². The van der Waals surface area contributed by atoms with E-state index in [0.717, 1.165) is 43.7 Å².